The monoisotopic (exact) mass is 853 g/mol. The third-order valence-electron chi connectivity index (χ3n) is 13.9. The van der Waals surface area contributed by atoms with Crippen molar-refractivity contribution in [1.29, 1.82) is 0 Å². The van der Waals surface area contributed by atoms with E-state index >= 15 is 0 Å². The van der Waals surface area contributed by atoms with Gasteiger partial charge in [-0.05, 0) is 132 Å². The molecule has 314 valence electrons. The predicted molar refractivity (Wildman–Crippen MR) is 280 cm³/mol. The number of benzene rings is 11. The number of hydrogen-bond acceptors (Lipinski definition) is 2. The molecule has 0 bridgehead atoms. The highest BCUT2D eigenvalue weighted by Gasteiger charge is 2.46. The molecule has 0 amide bonds. The Morgan fingerprint density at radius 2 is 0.866 bits per heavy atom. The maximum Gasteiger partial charge on any atom is 0.137 e. The Labute approximate surface area is 390 Å². The first-order valence-corrected chi connectivity index (χ1v) is 23.1. The molecule has 0 fully saturated rings. The number of rotatable bonds is 8. The fourth-order valence-electron chi connectivity index (χ4n) is 11.0. The maximum atomic E-state index is 6.90. The van der Waals surface area contributed by atoms with Crippen molar-refractivity contribution in [1.82, 2.24) is 0 Å². The number of hydrogen-bond donors (Lipinski definition) is 0. The van der Waals surface area contributed by atoms with Crippen molar-refractivity contribution >= 4 is 49.8 Å². The van der Waals surface area contributed by atoms with E-state index in [9.17, 15) is 0 Å². The molecule has 11 aromatic carbocycles. The lowest BCUT2D eigenvalue weighted by molar-refractivity contribution is 0.669. The zero-order chi connectivity index (χ0) is 44.3. The summed E-state index contributed by atoms with van der Waals surface area (Å²) in [6.07, 6.45) is 0. The summed E-state index contributed by atoms with van der Waals surface area (Å²) >= 11 is 0. The van der Waals surface area contributed by atoms with Gasteiger partial charge in [0, 0.05) is 16.8 Å². The minimum absolute atomic E-state index is 0.469. The van der Waals surface area contributed by atoms with Crippen LogP contribution in [0.2, 0.25) is 0 Å². The first-order chi connectivity index (χ1) is 33.2. The molecule has 0 atom stereocenters. The number of para-hydroxylation sites is 1. The Kier molecular flexibility index (Phi) is 9.11. The summed E-state index contributed by atoms with van der Waals surface area (Å²) in [5.41, 5.74) is 19.0. The second-order valence-electron chi connectivity index (χ2n) is 17.5. The molecule has 2 heteroatoms. The van der Waals surface area contributed by atoms with Crippen molar-refractivity contribution < 1.29 is 4.42 Å². The molecule has 1 heterocycles. The Bertz CT molecular complexity index is 3740. The fraction of sp³-hybridized carbons (Fsp3) is 0.0154. The van der Waals surface area contributed by atoms with Gasteiger partial charge in [0.05, 0.1) is 16.5 Å². The molecule has 1 aromatic heterocycles. The van der Waals surface area contributed by atoms with Gasteiger partial charge in [-0.3, -0.25) is 0 Å². The Morgan fingerprint density at radius 1 is 0.313 bits per heavy atom. The van der Waals surface area contributed by atoms with E-state index < -0.39 is 5.41 Å². The van der Waals surface area contributed by atoms with Crippen LogP contribution in [0.25, 0.3) is 77.2 Å². The van der Waals surface area contributed by atoms with Crippen LogP contribution in [0.3, 0.4) is 0 Å². The SMILES string of the molecule is c1ccc(-c2cc3oc4cccc(N(c5ccccc5)c5ccc(-c6cccc7ccccc67)cc5)c4c3cc2-c2ccc3c(c2)-c2ccccc2C3(c2ccccc2)c2ccccc2)cc1. The molecule has 0 spiro atoms. The highest BCUT2D eigenvalue weighted by atomic mass is 16.3. The van der Waals surface area contributed by atoms with Gasteiger partial charge in [0.2, 0.25) is 0 Å². The molecule has 12 aromatic rings. The molecule has 0 N–H and O–H groups in total. The third-order valence-corrected chi connectivity index (χ3v) is 13.9. The molecular weight excluding hydrogens is 811 g/mol. The van der Waals surface area contributed by atoms with Crippen LogP contribution in [0.4, 0.5) is 17.1 Å². The average Bonchev–Trinajstić information content (AvgIpc) is 3.93. The Hall–Kier alpha value is -8.72. The fourth-order valence-corrected chi connectivity index (χ4v) is 11.0. The molecule has 1 aliphatic carbocycles. The normalized spacial score (nSPS) is 12.6. The number of anilines is 3. The highest BCUT2D eigenvalue weighted by Crippen LogP contribution is 2.57. The zero-order valence-electron chi connectivity index (χ0n) is 36.7. The summed E-state index contributed by atoms with van der Waals surface area (Å²) in [6.45, 7) is 0. The molecule has 0 saturated heterocycles. The quantitative estimate of drug-likeness (QED) is 0.151. The van der Waals surface area contributed by atoms with Gasteiger partial charge < -0.3 is 9.32 Å². The number of furan rings is 1. The minimum atomic E-state index is -0.469. The average molecular weight is 854 g/mol. The smallest absolute Gasteiger partial charge is 0.137 e. The van der Waals surface area contributed by atoms with Crippen molar-refractivity contribution in [3.8, 4) is 44.5 Å². The standard InChI is InChI=1S/C65H43NO/c1-5-19-45(20-6-1)56-43-63-58(42-55(56)47-37-40-60-57(41-47)54-30-15-16-32-59(54)65(60,48-23-7-2-8-24-48)49-25-9-3-10-26-49)64-61(33-18-34-62(64)67-63)66(50-27-11-4-12-28-50)51-38-35-46(36-39-51)53-31-17-22-44-21-13-14-29-52(44)53/h1-43H. The minimum Gasteiger partial charge on any atom is -0.456 e. The summed E-state index contributed by atoms with van der Waals surface area (Å²) in [4.78, 5) is 2.37. The first kappa shape index (κ1) is 38.7. The molecule has 0 radical (unpaired) electrons. The van der Waals surface area contributed by atoms with E-state index in [0.29, 0.717) is 0 Å². The van der Waals surface area contributed by atoms with Crippen LogP contribution in [-0.2, 0) is 5.41 Å². The van der Waals surface area contributed by atoms with Gasteiger partial charge in [0.15, 0.2) is 0 Å². The molecule has 2 nitrogen and oxygen atoms in total. The number of nitrogens with zero attached hydrogens (tertiary/aromatic N) is 1. The molecule has 0 unspecified atom stereocenters. The topological polar surface area (TPSA) is 16.4 Å². The van der Waals surface area contributed by atoms with Crippen LogP contribution in [0.5, 0.6) is 0 Å². The molecule has 0 saturated carbocycles. The van der Waals surface area contributed by atoms with Gasteiger partial charge in [0.1, 0.15) is 11.2 Å². The van der Waals surface area contributed by atoms with Gasteiger partial charge in [-0.2, -0.15) is 0 Å². The van der Waals surface area contributed by atoms with Crippen LogP contribution in [0, 0.1) is 0 Å². The van der Waals surface area contributed by atoms with E-state index in [4.69, 9.17) is 4.42 Å². The van der Waals surface area contributed by atoms with E-state index in [1.807, 2.05) is 0 Å². The third kappa shape index (κ3) is 6.18. The largest absolute Gasteiger partial charge is 0.456 e. The van der Waals surface area contributed by atoms with Gasteiger partial charge in [-0.1, -0.05) is 206 Å². The lowest BCUT2D eigenvalue weighted by atomic mass is 9.67. The summed E-state index contributed by atoms with van der Waals surface area (Å²) in [6, 6.07) is 94.8. The van der Waals surface area contributed by atoms with Gasteiger partial charge in [-0.15, -0.1) is 0 Å². The lowest BCUT2D eigenvalue weighted by Gasteiger charge is -2.33. The van der Waals surface area contributed by atoms with Crippen LogP contribution < -0.4 is 4.90 Å². The van der Waals surface area contributed by atoms with Crippen molar-refractivity contribution in [2.75, 3.05) is 4.90 Å². The molecular formula is C65H43NO. The van der Waals surface area contributed by atoms with Crippen LogP contribution in [-0.4, -0.2) is 0 Å². The van der Waals surface area contributed by atoms with Crippen LogP contribution in [0.1, 0.15) is 22.3 Å². The highest BCUT2D eigenvalue weighted by molar-refractivity contribution is 6.16. The van der Waals surface area contributed by atoms with Gasteiger partial charge in [0.25, 0.3) is 0 Å². The second kappa shape index (κ2) is 15.8. The van der Waals surface area contributed by atoms with Crippen molar-refractivity contribution in [2.45, 2.75) is 5.41 Å². The van der Waals surface area contributed by atoms with E-state index in [2.05, 4.69) is 266 Å². The Morgan fingerprint density at radius 3 is 1.63 bits per heavy atom. The van der Waals surface area contributed by atoms with Crippen molar-refractivity contribution in [2.24, 2.45) is 0 Å². The van der Waals surface area contributed by atoms with Gasteiger partial charge >= 0.3 is 0 Å². The van der Waals surface area contributed by atoms with Crippen molar-refractivity contribution in [3.05, 3.63) is 283 Å². The van der Waals surface area contributed by atoms with E-state index in [1.54, 1.807) is 0 Å². The van der Waals surface area contributed by atoms with Crippen LogP contribution in [0.15, 0.2) is 265 Å². The molecule has 1 aliphatic rings. The van der Waals surface area contributed by atoms with E-state index in [0.717, 1.165) is 61.3 Å². The summed E-state index contributed by atoms with van der Waals surface area (Å²) in [7, 11) is 0. The summed E-state index contributed by atoms with van der Waals surface area (Å²) < 4.78 is 6.90. The molecule has 13 rings (SSSR count). The van der Waals surface area contributed by atoms with E-state index in [-0.39, 0.29) is 0 Å². The maximum absolute atomic E-state index is 6.90. The van der Waals surface area contributed by atoms with Gasteiger partial charge in [-0.25, -0.2) is 0 Å². The van der Waals surface area contributed by atoms with Crippen molar-refractivity contribution in [3.63, 3.8) is 0 Å². The van der Waals surface area contributed by atoms with Crippen LogP contribution >= 0.6 is 0 Å². The summed E-state index contributed by atoms with van der Waals surface area (Å²) in [5.74, 6) is 0. The summed E-state index contributed by atoms with van der Waals surface area (Å²) in [5, 5.41) is 4.62. The molecule has 0 aliphatic heterocycles. The predicted octanol–water partition coefficient (Wildman–Crippen LogP) is 17.6. The number of fused-ring (bicyclic) bond motifs is 7. The first-order valence-electron chi connectivity index (χ1n) is 23.1. The lowest BCUT2D eigenvalue weighted by Crippen LogP contribution is -2.28. The molecule has 67 heavy (non-hydrogen) atoms. The second-order valence-corrected chi connectivity index (χ2v) is 17.5. The Balaban J connectivity index is 1.02. The van der Waals surface area contributed by atoms with E-state index in [1.165, 1.54) is 55.3 Å². The zero-order valence-corrected chi connectivity index (χ0v) is 36.7.